The van der Waals surface area contributed by atoms with Crippen molar-refractivity contribution < 1.29 is 24.5 Å². The standard InChI is InChI=1S/C18H13FN.C17H12.Ir/c1-18(2)13-7-3-5-11-9-10-20-17(15(11)13)12-6-4-8-14(19)16(12)18;1-13-6-4-9-15(12-13)17-11-5-8-14-7-2-3-10-16(14)17;/h3-5,7-10H,1-2H3;2-8,10,12H,1H3;/q-1;-2;+3. The van der Waals surface area contributed by atoms with Crippen molar-refractivity contribution in [2.45, 2.75) is 26.2 Å². The Morgan fingerprint density at radius 3 is 2.34 bits per heavy atom. The van der Waals surface area contributed by atoms with Crippen molar-refractivity contribution in [2.24, 2.45) is 0 Å². The molecule has 1 aliphatic carbocycles. The Kier molecular flexibility index (Phi) is 7.01. The van der Waals surface area contributed by atoms with Gasteiger partial charge in [-0.3, -0.25) is 0 Å². The molecule has 0 radical (unpaired) electrons. The molecule has 0 atom stereocenters. The van der Waals surface area contributed by atoms with E-state index in [4.69, 9.17) is 0 Å². The SMILES string of the molecule is CC1(C)c2c([c-]ccc2F)-c2nccc3cccc1c23.Cc1cc[c-]c(-c2[c-]ccc3ccccc23)c1.[Ir+3]. The van der Waals surface area contributed by atoms with Gasteiger partial charge in [0.25, 0.3) is 0 Å². The summed E-state index contributed by atoms with van der Waals surface area (Å²) in [5.74, 6) is -0.183. The number of aryl methyl sites for hydroxylation is 1. The smallest absolute Gasteiger partial charge is 0.304 e. The van der Waals surface area contributed by atoms with Gasteiger partial charge in [0.05, 0.1) is 0 Å². The second-order valence-electron chi connectivity index (χ2n) is 9.98. The van der Waals surface area contributed by atoms with Crippen molar-refractivity contribution in [3.63, 3.8) is 0 Å². The van der Waals surface area contributed by atoms with Gasteiger partial charge in [-0.1, -0.05) is 62.7 Å². The first-order valence-electron chi connectivity index (χ1n) is 12.4. The van der Waals surface area contributed by atoms with Crippen LogP contribution in [0, 0.1) is 30.9 Å². The van der Waals surface area contributed by atoms with E-state index in [1.165, 1.54) is 22.4 Å². The van der Waals surface area contributed by atoms with E-state index >= 15 is 0 Å². The zero-order valence-corrected chi connectivity index (χ0v) is 23.8. The van der Waals surface area contributed by atoms with Crippen LogP contribution in [0.15, 0.2) is 97.2 Å². The van der Waals surface area contributed by atoms with Crippen LogP contribution in [0.25, 0.3) is 43.9 Å². The molecule has 1 heterocycles. The summed E-state index contributed by atoms with van der Waals surface area (Å²) >= 11 is 0. The molecule has 1 nitrogen and oxygen atoms in total. The Morgan fingerprint density at radius 2 is 1.50 bits per heavy atom. The number of hydrogen-bond acceptors (Lipinski definition) is 1. The summed E-state index contributed by atoms with van der Waals surface area (Å²) in [5.41, 5.74) is 6.56. The van der Waals surface area contributed by atoms with E-state index in [1.807, 2.05) is 24.3 Å². The van der Waals surface area contributed by atoms with E-state index in [-0.39, 0.29) is 31.3 Å². The molecule has 0 saturated heterocycles. The van der Waals surface area contributed by atoms with E-state index in [0.29, 0.717) is 5.56 Å². The molecule has 1 aliphatic rings. The van der Waals surface area contributed by atoms with Crippen LogP contribution in [0.5, 0.6) is 0 Å². The van der Waals surface area contributed by atoms with Gasteiger partial charge in [0.1, 0.15) is 0 Å². The molecule has 0 bridgehead atoms. The zero-order valence-electron chi connectivity index (χ0n) is 21.4. The van der Waals surface area contributed by atoms with Gasteiger partial charge in [-0.05, 0) is 33.5 Å². The van der Waals surface area contributed by atoms with E-state index in [0.717, 1.165) is 38.7 Å². The van der Waals surface area contributed by atoms with Gasteiger partial charge in [0.15, 0.2) is 0 Å². The summed E-state index contributed by atoms with van der Waals surface area (Å²) < 4.78 is 14.4. The van der Waals surface area contributed by atoms with Crippen LogP contribution in [0.1, 0.15) is 30.5 Å². The third-order valence-electron chi connectivity index (χ3n) is 7.22. The number of aromatic nitrogens is 1. The van der Waals surface area contributed by atoms with Crippen LogP contribution in [-0.2, 0) is 25.5 Å². The summed E-state index contributed by atoms with van der Waals surface area (Å²) in [6.45, 7) is 6.23. The number of rotatable bonds is 1. The first-order chi connectivity index (χ1) is 17.9. The van der Waals surface area contributed by atoms with Gasteiger partial charge in [-0.2, -0.15) is 30.3 Å². The average Bonchev–Trinajstić information content (AvgIpc) is 2.91. The minimum absolute atomic E-state index is 0. The van der Waals surface area contributed by atoms with Crippen LogP contribution in [-0.4, -0.2) is 4.98 Å². The van der Waals surface area contributed by atoms with Crippen LogP contribution < -0.4 is 0 Å². The predicted octanol–water partition coefficient (Wildman–Crippen LogP) is 8.89. The molecule has 1 aromatic heterocycles. The number of halogens is 1. The van der Waals surface area contributed by atoms with Gasteiger partial charge < -0.3 is 4.98 Å². The van der Waals surface area contributed by atoms with E-state index in [9.17, 15) is 4.39 Å². The molecule has 0 N–H and O–H groups in total. The van der Waals surface area contributed by atoms with Crippen molar-refractivity contribution in [2.75, 3.05) is 0 Å². The maximum Gasteiger partial charge on any atom is 3.00 e. The Bertz CT molecular complexity index is 1780. The van der Waals surface area contributed by atoms with Gasteiger partial charge >= 0.3 is 20.1 Å². The summed E-state index contributed by atoms with van der Waals surface area (Å²) in [4.78, 5) is 4.49. The van der Waals surface area contributed by atoms with Gasteiger partial charge in [0, 0.05) is 12.0 Å². The predicted molar refractivity (Wildman–Crippen MR) is 150 cm³/mol. The minimum Gasteiger partial charge on any atom is -0.304 e. The number of hydrogen-bond donors (Lipinski definition) is 0. The Hall–Kier alpha value is -3.65. The van der Waals surface area contributed by atoms with Crippen molar-refractivity contribution >= 4 is 21.5 Å². The average molecular weight is 671 g/mol. The molecule has 3 heteroatoms. The van der Waals surface area contributed by atoms with E-state index in [2.05, 4.69) is 98.6 Å². The molecule has 38 heavy (non-hydrogen) atoms. The third kappa shape index (κ3) is 4.36. The fourth-order valence-electron chi connectivity index (χ4n) is 5.46. The molecule has 0 fully saturated rings. The van der Waals surface area contributed by atoms with Crippen LogP contribution >= 0.6 is 0 Å². The molecule has 5 aromatic carbocycles. The normalized spacial score (nSPS) is 12.7. The summed E-state index contributed by atoms with van der Waals surface area (Å²) in [7, 11) is 0. The molecule has 0 saturated carbocycles. The molecule has 7 rings (SSSR count). The Morgan fingerprint density at radius 1 is 0.763 bits per heavy atom. The second-order valence-corrected chi connectivity index (χ2v) is 9.98. The van der Waals surface area contributed by atoms with Gasteiger partial charge in [-0.25, -0.2) is 15.5 Å². The Labute approximate surface area is 236 Å². The maximum atomic E-state index is 14.4. The molecule has 0 amide bonds. The van der Waals surface area contributed by atoms with Crippen LogP contribution in [0.3, 0.4) is 0 Å². The largest absolute Gasteiger partial charge is 3.00 e. The molecule has 6 aromatic rings. The minimum atomic E-state index is -0.382. The van der Waals surface area contributed by atoms with E-state index in [1.54, 1.807) is 12.3 Å². The summed E-state index contributed by atoms with van der Waals surface area (Å²) in [6, 6.07) is 39.7. The number of benzene rings is 5. The second kappa shape index (κ2) is 10.3. The van der Waals surface area contributed by atoms with Gasteiger partial charge in [-0.15, -0.1) is 58.3 Å². The molecule has 0 aliphatic heterocycles. The quantitative estimate of drug-likeness (QED) is 0.159. The molecule has 0 spiro atoms. The first kappa shape index (κ1) is 26.0. The first-order valence-corrected chi connectivity index (χ1v) is 12.4. The molecular weight excluding hydrogens is 646 g/mol. The van der Waals surface area contributed by atoms with Crippen molar-refractivity contribution in [3.05, 3.63) is 138 Å². The molecule has 0 unspecified atom stereocenters. The fourth-order valence-corrected chi connectivity index (χ4v) is 5.46. The Balaban J connectivity index is 0.000000153. The molecule has 186 valence electrons. The van der Waals surface area contributed by atoms with Crippen molar-refractivity contribution in [1.82, 2.24) is 4.98 Å². The topological polar surface area (TPSA) is 12.9 Å². The van der Waals surface area contributed by atoms with E-state index < -0.39 is 0 Å². The van der Waals surface area contributed by atoms with Gasteiger partial charge in [0.2, 0.25) is 0 Å². The van der Waals surface area contributed by atoms with Crippen molar-refractivity contribution in [1.29, 1.82) is 0 Å². The van der Waals surface area contributed by atoms with Crippen LogP contribution in [0.4, 0.5) is 4.39 Å². The maximum absolute atomic E-state index is 14.4. The number of pyridine rings is 1. The number of nitrogens with zero attached hydrogens (tertiary/aromatic N) is 1. The van der Waals surface area contributed by atoms with Crippen molar-refractivity contribution in [3.8, 4) is 22.4 Å². The summed E-state index contributed by atoms with van der Waals surface area (Å²) in [6.07, 6.45) is 1.78. The summed E-state index contributed by atoms with van der Waals surface area (Å²) in [5, 5.41) is 4.74. The monoisotopic (exact) mass is 671 g/mol. The molecular formula is C35H25FIrN. The fraction of sp³-hybridized carbons (Fsp3) is 0.114. The van der Waals surface area contributed by atoms with Crippen LogP contribution in [0.2, 0.25) is 0 Å². The number of fused-ring (bicyclic) bond motifs is 3. The third-order valence-corrected chi connectivity index (χ3v) is 7.22. The zero-order chi connectivity index (χ0) is 25.6.